The molecule has 0 unspecified atom stereocenters. The van der Waals surface area contributed by atoms with Gasteiger partial charge in [-0.25, -0.2) is 0 Å². The first-order valence-electron chi connectivity index (χ1n) is 6.61. The van der Waals surface area contributed by atoms with Crippen molar-refractivity contribution in [2.24, 2.45) is 0 Å². The van der Waals surface area contributed by atoms with Crippen LogP contribution in [-0.2, 0) is 40.5 Å². The van der Waals surface area contributed by atoms with Crippen molar-refractivity contribution >= 4 is 159 Å². The first-order chi connectivity index (χ1) is 12.4. The van der Waals surface area contributed by atoms with Crippen LogP contribution in [0.3, 0.4) is 0 Å². The van der Waals surface area contributed by atoms with E-state index in [1.165, 1.54) is 0 Å². The summed E-state index contributed by atoms with van der Waals surface area (Å²) >= 11 is 0. The van der Waals surface area contributed by atoms with Gasteiger partial charge in [0.15, 0.2) is 0 Å². The molecule has 0 aliphatic heterocycles. The van der Waals surface area contributed by atoms with Crippen molar-refractivity contribution in [3.8, 4) is 11.1 Å². The topological polar surface area (TPSA) is 217 Å². The van der Waals surface area contributed by atoms with Crippen LogP contribution in [0.25, 0.3) is 11.1 Å². The van der Waals surface area contributed by atoms with E-state index in [0.717, 1.165) is 0 Å². The maximum Gasteiger partial charge on any atom is 0.295 e. The van der Waals surface area contributed by atoms with Gasteiger partial charge in [-0.2, -0.15) is 33.7 Å². The second-order valence-corrected chi connectivity index (χ2v) is 10.8. The van der Waals surface area contributed by atoms with Crippen LogP contribution in [0, 0.1) is 0 Å². The van der Waals surface area contributed by atoms with E-state index in [0.29, 0.717) is 36.4 Å². The van der Waals surface area contributed by atoms with Gasteiger partial charge in [0.1, 0.15) is 9.79 Å². The molecule has 0 amide bonds. The fourth-order valence-electron chi connectivity index (χ4n) is 2.20. The third-order valence-electron chi connectivity index (χ3n) is 3.35. The largest absolute Gasteiger partial charge is 0.295 e. The molecule has 0 saturated carbocycles. The normalized spacial score (nSPS) is 11.8. The summed E-state index contributed by atoms with van der Waals surface area (Å²) in [4.78, 5) is -4.22. The number of hydrogen-bond acceptors (Lipinski definition) is 8. The molecule has 0 aliphatic carbocycles. The van der Waals surface area contributed by atoms with Gasteiger partial charge in [0.25, 0.3) is 40.5 Å². The first-order valence-corrected chi connectivity index (χ1v) is 12.4. The van der Waals surface area contributed by atoms with Crippen LogP contribution in [0.15, 0.2) is 56.0 Å². The Kier molecular flexibility index (Phi) is 16.4. The Morgan fingerprint density at radius 1 is 0.438 bits per heavy atom. The Bertz CT molecular complexity index is 1290. The van der Waals surface area contributed by atoms with Crippen LogP contribution in [0.5, 0.6) is 0 Å². The smallest absolute Gasteiger partial charge is 0.282 e. The summed E-state index contributed by atoms with van der Waals surface area (Å²) in [5, 5.41) is 0. The molecule has 0 fully saturated rings. The van der Waals surface area contributed by atoms with Crippen LogP contribution in [0.4, 0.5) is 0 Å². The summed E-state index contributed by atoms with van der Waals surface area (Å²) in [6.07, 6.45) is 0. The molecule has 0 heterocycles. The molecule has 2 rings (SSSR count). The number of rotatable bonds is 5. The summed E-state index contributed by atoms with van der Waals surface area (Å²) in [6.45, 7) is 0. The zero-order valence-electron chi connectivity index (χ0n) is 17.2. The second kappa shape index (κ2) is 13.6. The fraction of sp³-hybridized carbons (Fsp3) is 0. The van der Waals surface area contributed by atoms with Crippen LogP contribution < -0.4 is 0 Å². The molecule has 12 nitrogen and oxygen atoms in total. The van der Waals surface area contributed by atoms with Gasteiger partial charge in [-0.15, -0.1) is 0 Å². The summed E-state index contributed by atoms with van der Waals surface area (Å²) < 4.78 is 128. The summed E-state index contributed by atoms with van der Waals surface area (Å²) in [5.41, 5.74) is -1.30. The van der Waals surface area contributed by atoms with Crippen molar-refractivity contribution in [1.29, 1.82) is 0 Å². The van der Waals surface area contributed by atoms with E-state index in [9.17, 15) is 42.8 Å². The summed E-state index contributed by atoms with van der Waals surface area (Å²) in [5.74, 6) is 0. The van der Waals surface area contributed by atoms with Crippen molar-refractivity contribution in [1.82, 2.24) is 0 Å². The van der Waals surface area contributed by atoms with E-state index in [1.54, 1.807) is 0 Å². The molecule has 0 aliphatic rings. The third kappa shape index (κ3) is 9.85. The molecule has 0 aromatic heterocycles. The van der Waals surface area contributed by atoms with Crippen molar-refractivity contribution < 1.29 is 51.9 Å². The number of benzene rings is 2. The van der Waals surface area contributed by atoms with Gasteiger partial charge < -0.3 is 0 Å². The van der Waals surface area contributed by atoms with Crippen molar-refractivity contribution in [3.05, 3.63) is 36.4 Å². The van der Waals surface area contributed by atoms with Crippen LogP contribution >= 0.6 is 0 Å². The molecule has 4 N–H and O–H groups in total. The molecule has 0 atom stereocenters. The molecule has 0 saturated heterocycles. The molecule has 0 bridgehead atoms. The maximum absolute atomic E-state index is 11.6. The van der Waals surface area contributed by atoms with Crippen molar-refractivity contribution in [3.63, 3.8) is 0 Å². The van der Waals surface area contributed by atoms with E-state index in [-0.39, 0.29) is 118 Å². The minimum Gasteiger partial charge on any atom is -0.282 e. The average Bonchev–Trinajstić information content (AvgIpc) is 2.50. The predicted molar refractivity (Wildman–Crippen MR) is 114 cm³/mol. The molecule has 20 heteroatoms. The van der Waals surface area contributed by atoms with Crippen molar-refractivity contribution in [2.75, 3.05) is 0 Å². The summed E-state index contributed by atoms with van der Waals surface area (Å²) in [6, 6.07) is 3.38. The molecule has 2 aromatic rings. The second-order valence-electron chi connectivity index (χ2n) is 5.22. The standard InChI is InChI=1S/C12H10O12S4.4Na/c13-25(14,15)7-1-3-9(11(5-7)27(19,20)21)10-4-2-8(26(16,17)18)6-12(10)28(22,23)24;;;;/h1-6H,(H,13,14,15)(H,16,17,18)(H,19,20,21)(H,22,23,24);;;;. The molecule has 2 aromatic carbocycles. The van der Waals surface area contributed by atoms with Gasteiger partial charge in [0.05, 0.1) is 9.79 Å². The Hall–Kier alpha value is 2.08. The Morgan fingerprint density at radius 2 is 0.688 bits per heavy atom. The minimum atomic E-state index is -5.18. The van der Waals surface area contributed by atoms with E-state index >= 15 is 0 Å². The van der Waals surface area contributed by atoms with Gasteiger partial charge >= 0.3 is 0 Å². The van der Waals surface area contributed by atoms with Crippen LogP contribution in [-0.4, -0.2) is 170 Å². The molecule has 0 spiro atoms. The van der Waals surface area contributed by atoms with E-state index in [2.05, 4.69) is 0 Å². The van der Waals surface area contributed by atoms with Crippen molar-refractivity contribution in [2.45, 2.75) is 19.6 Å². The van der Waals surface area contributed by atoms with Gasteiger partial charge in [0.2, 0.25) is 0 Å². The average molecular weight is 566 g/mol. The zero-order valence-corrected chi connectivity index (χ0v) is 28.4. The molecule has 158 valence electrons. The van der Waals surface area contributed by atoms with Crippen LogP contribution in [0.1, 0.15) is 0 Å². The van der Waals surface area contributed by atoms with Crippen LogP contribution in [0.2, 0.25) is 0 Å². The van der Waals surface area contributed by atoms with Gasteiger partial charge in [-0.3, -0.25) is 18.2 Å². The molecular weight excluding hydrogens is 556 g/mol. The SMILES string of the molecule is O=S(=O)(O)c1ccc(-c2ccc(S(=O)(=O)O)cc2S(=O)(=O)O)c(S(=O)(=O)O)c1.[Na].[Na].[Na].[Na]. The minimum absolute atomic E-state index is 0. The Labute approximate surface area is 273 Å². The zero-order chi connectivity index (χ0) is 21.7. The Balaban J connectivity index is -0.00000210. The van der Waals surface area contributed by atoms with Gasteiger partial charge in [-0.1, -0.05) is 12.1 Å². The fourth-order valence-corrected chi connectivity index (χ4v) is 4.82. The monoisotopic (exact) mass is 566 g/mol. The third-order valence-corrected chi connectivity index (χ3v) is 6.83. The first kappa shape index (κ1) is 38.6. The van der Waals surface area contributed by atoms with E-state index < -0.39 is 71.2 Å². The number of hydrogen-bond donors (Lipinski definition) is 4. The van der Waals surface area contributed by atoms with Gasteiger partial charge in [-0.05, 0) is 24.3 Å². The quantitative estimate of drug-likeness (QED) is 0.248. The molecule has 32 heavy (non-hydrogen) atoms. The van der Waals surface area contributed by atoms with Gasteiger partial charge in [0, 0.05) is 129 Å². The van der Waals surface area contributed by atoms with E-state index in [4.69, 9.17) is 9.11 Å². The molecule has 4 radical (unpaired) electrons. The predicted octanol–water partition coefficient (Wildman–Crippen LogP) is -1.18. The molecular formula is C12H10Na4O12S4. The van der Waals surface area contributed by atoms with E-state index in [1.807, 2.05) is 0 Å². The Morgan fingerprint density at radius 3 is 0.875 bits per heavy atom. The maximum atomic E-state index is 11.6. The summed E-state index contributed by atoms with van der Waals surface area (Å²) in [7, 11) is -20.2.